The van der Waals surface area contributed by atoms with Crippen molar-refractivity contribution in [2.75, 3.05) is 32.0 Å². The van der Waals surface area contributed by atoms with Gasteiger partial charge in [0.2, 0.25) is 11.8 Å². The molecular weight excluding hydrogens is 494 g/mol. The molecule has 39 heavy (non-hydrogen) atoms. The Morgan fingerprint density at radius 2 is 1.85 bits per heavy atom. The third-order valence-corrected chi connectivity index (χ3v) is 6.95. The molecule has 4 atom stereocenters. The first kappa shape index (κ1) is 30.5. The molecule has 1 fully saturated rings. The SMILES string of the molecule is C=CCN(C)C[C@@H]1O[C@H](c2cccc(NC(=O)CCCCCNC(C)=O)c2)O[C@H](c2ccc(CO)cc2)[C@@H]1C. The van der Waals surface area contributed by atoms with Crippen molar-refractivity contribution >= 4 is 17.5 Å². The molecular formula is C31H43N3O5. The van der Waals surface area contributed by atoms with Crippen LogP contribution in [0.15, 0.2) is 61.2 Å². The predicted molar refractivity (Wildman–Crippen MR) is 153 cm³/mol. The van der Waals surface area contributed by atoms with Crippen LogP contribution in [0, 0.1) is 5.92 Å². The number of benzene rings is 2. The molecule has 8 heteroatoms. The summed E-state index contributed by atoms with van der Waals surface area (Å²) in [5.74, 6) is 0.00705. The molecule has 0 bridgehead atoms. The standard InChI is InChI=1S/C31H43N3O5/c1-5-18-34(4)20-28-22(2)30(25-15-13-24(21-35)14-16-25)39-31(38-28)26-10-9-11-27(19-26)33-29(37)12-7-6-8-17-32-23(3)36/h5,9-11,13-16,19,22,28,30-31,35H,1,6-8,12,17-18,20-21H2,2-4H3,(H,32,36)(H,33,37)/t22-,28+,30+,31+/m1/s1. The van der Waals surface area contributed by atoms with Gasteiger partial charge in [0.15, 0.2) is 6.29 Å². The van der Waals surface area contributed by atoms with E-state index in [0.717, 1.165) is 49.0 Å². The number of likely N-dealkylation sites (N-methyl/N-ethyl adjacent to an activating group) is 1. The van der Waals surface area contributed by atoms with E-state index in [9.17, 15) is 14.7 Å². The summed E-state index contributed by atoms with van der Waals surface area (Å²) >= 11 is 0. The maximum Gasteiger partial charge on any atom is 0.224 e. The average molecular weight is 538 g/mol. The van der Waals surface area contributed by atoms with Crippen LogP contribution >= 0.6 is 0 Å². The van der Waals surface area contributed by atoms with Gasteiger partial charge in [0, 0.05) is 50.1 Å². The van der Waals surface area contributed by atoms with Gasteiger partial charge >= 0.3 is 0 Å². The Bertz CT molecular complexity index is 1070. The van der Waals surface area contributed by atoms with Crippen molar-refractivity contribution in [1.29, 1.82) is 0 Å². The summed E-state index contributed by atoms with van der Waals surface area (Å²) < 4.78 is 13.0. The lowest BCUT2D eigenvalue weighted by molar-refractivity contribution is -0.275. The van der Waals surface area contributed by atoms with Gasteiger partial charge in [-0.25, -0.2) is 0 Å². The van der Waals surface area contributed by atoms with Gasteiger partial charge in [0.25, 0.3) is 0 Å². The van der Waals surface area contributed by atoms with E-state index in [1.165, 1.54) is 6.92 Å². The largest absolute Gasteiger partial charge is 0.392 e. The summed E-state index contributed by atoms with van der Waals surface area (Å²) in [5.41, 5.74) is 3.43. The molecule has 1 aliphatic heterocycles. The van der Waals surface area contributed by atoms with Crippen molar-refractivity contribution in [3.8, 4) is 0 Å². The van der Waals surface area contributed by atoms with Gasteiger partial charge in [-0.1, -0.05) is 55.8 Å². The Kier molecular flexibility index (Phi) is 12.1. The van der Waals surface area contributed by atoms with Crippen LogP contribution in [-0.4, -0.2) is 54.6 Å². The van der Waals surface area contributed by atoms with Gasteiger partial charge < -0.3 is 30.1 Å². The summed E-state index contributed by atoms with van der Waals surface area (Å²) in [4.78, 5) is 25.7. The van der Waals surface area contributed by atoms with E-state index < -0.39 is 6.29 Å². The van der Waals surface area contributed by atoms with E-state index in [-0.39, 0.29) is 36.5 Å². The van der Waals surface area contributed by atoms with E-state index in [0.29, 0.717) is 18.7 Å². The van der Waals surface area contributed by atoms with E-state index in [1.807, 2.05) is 61.7 Å². The summed E-state index contributed by atoms with van der Waals surface area (Å²) in [7, 11) is 2.04. The molecule has 2 amide bonds. The third-order valence-electron chi connectivity index (χ3n) is 6.95. The molecule has 2 aromatic rings. The highest BCUT2D eigenvalue weighted by atomic mass is 16.7. The van der Waals surface area contributed by atoms with Crippen molar-refractivity contribution in [2.24, 2.45) is 5.92 Å². The summed E-state index contributed by atoms with van der Waals surface area (Å²) in [5, 5.41) is 15.2. The molecule has 3 N–H and O–H groups in total. The highest BCUT2D eigenvalue weighted by Gasteiger charge is 2.38. The summed E-state index contributed by atoms with van der Waals surface area (Å²) in [6.07, 6.45) is 3.89. The minimum Gasteiger partial charge on any atom is -0.392 e. The quantitative estimate of drug-likeness (QED) is 0.238. The fourth-order valence-electron chi connectivity index (χ4n) is 4.77. The number of aliphatic hydroxyl groups is 1. The molecule has 1 aliphatic rings. The average Bonchev–Trinajstić information content (AvgIpc) is 2.92. The molecule has 0 radical (unpaired) electrons. The monoisotopic (exact) mass is 537 g/mol. The van der Waals surface area contributed by atoms with Gasteiger partial charge in [0.05, 0.1) is 18.8 Å². The van der Waals surface area contributed by atoms with E-state index in [2.05, 4.69) is 29.0 Å². The number of rotatable bonds is 14. The van der Waals surface area contributed by atoms with Gasteiger partial charge in [-0.05, 0) is 43.1 Å². The fourth-order valence-corrected chi connectivity index (χ4v) is 4.77. The normalized spacial score (nSPS) is 20.9. The number of nitrogens with one attached hydrogen (secondary N) is 2. The van der Waals surface area contributed by atoms with Crippen molar-refractivity contribution < 1.29 is 24.2 Å². The predicted octanol–water partition coefficient (Wildman–Crippen LogP) is 4.72. The lowest BCUT2D eigenvalue weighted by Gasteiger charge is -2.42. The molecule has 0 unspecified atom stereocenters. The molecule has 0 spiro atoms. The second-order valence-electron chi connectivity index (χ2n) is 10.3. The highest BCUT2D eigenvalue weighted by Crippen LogP contribution is 2.42. The van der Waals surface area contributed by atoms with E-state index >= 15 is 0 Å². The molecule has 0 saturated carbocycles. The van der Waals surface area contributed by atoms with Gasteiger partial charge in [0.1, 0.15) is 0 Å². The second kappa shape index (κ2) is 15.5. The Hall–Kier alpha value is -3.04. The molecule has 212 valence electrons. The first-order valence-corrected chi connectivity index (χ1v) is 13.7. The molecule has 0 aliphatic carbocycles. The Morgan fingerprint density at radius 3 is 2.54 bits per heavy atom. The number of carbonyl (C=O) groups is 2. The van der Waals surface area contributed by atoms with Crippen LogP contribution < -0.4 is 10.6 Å². The lowest BCUT2D eigenvalue weighted by Crippen LogP contribution is -2.43. The zero-order valence-corrected chi connectivity index (χ0v) is 23.4. The number of hydrogen-bond donors (Lipinski definition) is 3. The molecule has 8 nitrogen and oxygen atoms in total. The Balaban J connectivity index is 1.69. The van der Waals surface area contributed by atoms with Gasteiger partial charge in [-0.3, -0.25) is 9.59 Å². The van der Waals surface area contributed by atoms with Gasteiger partial charge in [-0.15, -0.1) is 6.58 Å². The smallest absolute Gasteiger partial charge is 0.224 e. The maximum absolute atomic E-state index is 12.5. The number of carbonyl (C=O) groups excluding carboxylic acids is 2. The second-order valence-corrected chi connectivity index (χ2v) is 10.3. The molecule has 3 rings (SSSR count). The molecule has 1 saturated heterocycles. The van der Waals surface area contributed by atoms with Crippen molar-refractivity contribution in [2.45, 2.75) is 64.6 Å². The minimum absolute atomic E-state index is 0.00233. The zero-order valence-electron chi connectivity index (χ0n) is 23.4. The Labute approximate surface area is 232 Å². The van der Waals surface area contributed by atoms with Crippen LogP contribution in [0.5, 0.6) is 0 Å². The number of unbranched alkanes of at least 4 members (excludes halogenated alkanes) is 2. The first-order chi connectivity index (χ1) is 18.8. The topological polar surface area (TPSA) is 100 Å². The van der Waals surface area contributed by atoms with Crippen LogP contribution in [0.2, 0.25) is 0 Å². The van der Waals surface area contributed by atoms with Crippen molar-refractivity contribution in [3.05, 3.63) is 77.9 Å². The van der Waals surface area contributed by atoms with Crippen LogP contribution in [0.3, 0.4) is 0 Å². The van der Waals surface area contributed by atoms with E-state index in [1.54, 1.807) is 0 Å². The van der Waals surface area contributed by atoms with E-state index in [4.69, 9.17) is 9.47 Å². The minimum atomic E-state index is -0.600. The van der Waals surface area contributed by atoms with Crippen LogP contribution in [0.4, 0.5) is 5.69 Å². The lowest BCUT2D eigenvalue weighted by atomic mass is 9.90. The van der Waals surface area contributed by atoms with Crippen LogP contribution in [0.1, 0.15) is 68.6 Å². The number of nitrogens with zero attached hydrogens (tertiary/aromatic N) is 1. The molecule has 1 heterocycles. The Morgan fingerprint density at radius 1 is 1.08 bits per heavy atom. The maximum atomic E-state index is 12.5. The fraction of sp³-hybridized carbons (Fsp3) is 0.484. The number of ether oxygens (including phenoxy) is 2. The highest BCUT2D eigenvalue weighted by molar-refractivity contribution is 5.90. The summed E-state index contributed by atoms with van der Waals surface area (Å²) in [6, 6.07) is 15.5. The van der Waals surface area contributed by atoms with Crippen molar-refractivity contribution in [3.63, 3.8) is 0 Å². The van der Waals surface area contributed by atoms with Crippen molar-refractivity contribution in [1.82, 2.24) is 10.2 Å². The molecule has 0 aromatic heterocycles. The third kappa shape index (κ3) is 9.58. The molecule has 2 aromatic carbocycles. The van der Waals surface area contributed by atoms with Crippen LogP contribution in [-0.2, 0) is 25.7 Å². The number of amides is 2. The number of hydrogen-bond acceptors (Lipinski definition) is 6. The van der Waals surface area contributed by atoms with Gasteiger partial charge in [-0.2, -0.15) is 0 Å². The first-order valence-electron chi connectivity index (χ1n) is 13.7. The summed E-state index contributed by atoms with van der Waals surface area (Å²) in [6.45, 7) is 9.59. The zero-order chi connectivity index (χ0) is 28.2. The number of aliphatic hydroxyl groups excluding tert-OH is 1. The number of anilines is 1. The van der Waals surface area contributed by atoms with Crippen LogP contribution in [0.25, 0.3) is 0 Å².